The van der Waals surface area contributed by atoms with Crippen molar-refractivity contribution in [2.75, 3.05) is 7.05 Å². The van der Waals surface area contributed by atoms with Gasteiger partial charge in [-0.15, -0.1) is 24.0 Å². The summed E-state index contributed by atoms with van der Waals surface area (Å²) < 4.78 is 7.35. The summed E-state index contributed by atoms with van der Waals surface area (Å²) in [6.07, 6.45) is 0. The average Bonchev–Trinajstić information content (AvgIpc) is 3.28. The number of nitrogens with one attached hydrogen (secondary N) is 2. The summed E-state index contributed by atoms with van der Waals surface area (Å²) in [5.74, 6) is 1.83. The number of benzene rings is 1. The lowest BCUT2D eigenvalue weighted by Crippen LogP contribution is -2.36. The maximum absolute atomic E-state index is 5.37. The lowest BCUT2D eigenvalue weighted by atomic mass is 10.1. The Balaban J connectivity index is 0.00000300. The van der Waals surface area contributed by atoms with E-state index in [0.717, 1.165) is 34.1 Å². The van der Waals surface area contributed by atoms with E-state index in [9.17, 15) is 0 Å². The molecule has 156 valence electrons. The van der Waals surface area contributed by atoms with Crippen LogP contribution in [0.5, 0.6) is 0 Å². The molecule has 0 saturated heterocycles. The van der Waals surface area contributed by atoms with Crippen LogP contribution in [-0.4, -0.2) is 27.9 Å². The zero-order valence-corrected chi connectivity index (χ0v) is 19.9. The number of halogens is 1. The van der Waals surface area contributed by atoms with Gasteiger partial charge in [0.1, 0.15) is 0 Å². The van der Waals surface area contributed by atoms with Crippen LogP contribution in [0.25, 0.3) is 5.69 Å². The van der Waals surface area contributed by atoms with Gasteiger partial charge in [-0.25, -0.2) is 4.68 Å². The normalized spacial score (nSPS) is 11.4. The highest BCUT2D eigenvalue weighted by molar-refractivity contribution is 14.0. The zero-order chi connectivity index (χ0) is 20.1. The Labute approximate surface area is 189 Å². The van der Waals surface area contributed by atoms with E-state index in [-0.39, 0.29) is 24.0 Å². The quantitative estimate of drug-likeness (QED) is 0.298. The minimum atomic E-state index is 0. The van der Waals surface area contributed by atoms with E-state index < -0.39 is 0 Å². The van der Waals surface area contributed by atoms with Gasteiger partial charge in [0.2, 0.25) is 0 Å². The molecule has 0 aliphatic carbocycles. The molecular weight excluding hydrogens is 479 g/mol. The largest absolute Gasteiger partial charge is 0.359 e. The molecule has 8 heteroatoms. The van der Waals surface area contributed by atoms with E-state index in [0.29, 0.717) is 25.0 Å². The molecule has 2 aromatic heterocycles. The number of rotatable bonds is 6. The van der Waals surface area contributed by atoms with Crippen LogP contribution >= 0.6 is 24.0 Å². The lowest BCUT2D eigenvalue weighted by Gasteiger charge is -2.14. The van der Waals surface area contributed by atoms with Crippen molar-refractivity contribution in [1.29, 1.82) is 0 Å². The van der Waals surface area contributed by atoms with Gasteiger partial charge in [-0.05, 0) is 37.5 Å². The molecule has 0 amide bonds. The van der Waals surface area contributed by atoms with Crippen LogP contribution < -0.4 is 10.6 Å². The summed E-state index contributed by atoms with van der Waals surface area (Å²) in [6, 6.07) is 12.3. The van der Waals surface area contributed by atoms with Gasteiger partial charge in [0.15, 0.2) is 11.7 Å². The second-order valence-electron chi connectivity index (χ2n) is 7.12. The van der Waals surface area contributed by atoms with Gasteiger partial charge in [-0.3, -0.25) is 4.99 Å². The minimum absolute atomic E-state index is 0. The van der Waals surface area contributed by atoms with Crippen LogP contribution in [-0.2, 0) is 13.1 Å². The van der Waals surface area contributed by atoms with Crippen LogP contribution in [0.15, 0.2) is 45.9 Å². The summed E-state index contributed by atoms with van der Waals surface area (Å²) >= 11 is 0. The highest BCUT2D eigenvalue weighted by Gasteiger charge is 2.10. The van der Waals surface area contributed by atoms with Crippen LogP contribution in [0.3, 0.4) is 0 Å². The lowest BCUT2D eigenvalue weighted by molar-refractivity contribution is 0.372. The third kappa shape index (κ3) is 5.81. The van der Waals surface area contributed by atoms with Gasteiger partial charge in [-0.1, -0.05) is 37.2 Å². The van der Waals surface area contributed by atoms with Gasteiger partial charge in [-0.2, -0.15) is 5.10 Å². The average molecular weight is 508 g/mol. The van der Waals surface area contributed by atoms with Crippen molar-refractivity contribution in [3.8, 4) is 5.69 Å². The topological polar surface area (TPSA) is 80.3 Å². The van der Waals surface area contributed by atoms with E-state index in [2.05, 4.69) is 64.9 Å². The molecular formula is C21H29IN6O. The molecule has 7 nitrogen and oxygen atoms in total. The van der Waals surface area contributed by atoms with E-state index in [4.69, 9.17) is 4.52 Å². The van der Waals surface area contributed by atoms with Crippen LogP contribution in [0.1, 0.15) is 48.2 Å². The molecule has 29 heavy (non-hydrogen) atoms. The third-order valence-electron chi connectivity index (χ3n) is 4.50. The number of aliphatic imine (C=N–C) groups is 1. The van der Waals surface area contributed by atoms with Gasteiger partial charge >= 0.3 is 0 Å². The Morgan fingerprint density at radius 3 is 2.48 bits per heavy atom. The number of aryl methyl sites for hydroxylation is 2. The molecule has 2 heterocycles. The predicted molar refractivity (Wildman–Crippen MR) is 126 cm³/mol. The predicted octanol–water partition coefficient (Wildman–Crippen LogP) is 4.08. The molecule has 0 atom stereocenters. The Hall–Kier alpha value is -2.36. The summed E-state index contributed by atoms with van der Waals surface area (Å²) in [5.41, 5.74) is 5.27. The Bertz CT molecular complexity index is 960. The monoisotopic (exact) mass is 508 g/mol. The summed E-state index contributed by atoms with van der Waals surface area (Å²) in [5, 5.41) is 15.3. The molecule has 0 fully saturated rings. The van der Waals surface area contributed by atoms with Crippen molar-refractivity contribution in [3.05, 3.63) is 64.8 Å². The Morgan fingerprint density at radius 1 is 1.14 bits per heavy atom. The van der Waals surface area contributed by atoms with Crippen LogP contribution in [0, 0.1) is 13.8 Å². The first kappa shape index (κ1) is 22.9. The Kier molecular flexibility index (Phi) is 8.24. The fourth-order valence-corrected chi connectivity index (χ4v) is 2.99. The van der Waals surface area contributed by atoms with Crippen molar-refractivity contribution < 1.29 is 4.52 Å². The summed E-state index contributed by atoms with van der Waals surface area (Å²) in [6.45, 7) is 9.41. The fraction of sp³-hybridized carbons (Fsp3) is 0.381. The highest BCUT2D eigenvalue weighted by atomic mass is 127. The second-order valence-corrected chi connectivity index (χ2v) is 7.12. The van der Waals surface area contributed by atoms with Gasteiger partial charge < -0.3 is 15.2 Å². The van der Waals surface area contributed by atoms with Crippen molar-refractivity contribution in [2.45, 2.75) is 46.7 Å². The molecule has 1 aromatic carbocycles. The molecule has 0 radical (unpaired) electrons. The smallest absolute Gasteiger partial charge is 0.191 e. The number of guanidine groups is 1. The zero-order valence-electron chi connectivity index (χ0n) is 17.6. The number of para-hydroxylation sites is 1. The molecule has 3 aromatic rings. The SMILES string of the molecule is CN=C(NCc1cc(C(C)C)no1)NCc1ccccc1-n1nc(C)cc1C.I. The first-order chi connectivity index (χ1) is 13.5. The standard InChI is InChI=1S/C21H28N6O.HI/c1-14(2)19-11-18(28-26-19)13-24-21(22-5)23-12-17-8-6-7-9-20(17)27-16(4)10-15(3)25-27;/h6-11,14H,12-13H2,1-5H3,(H2,22,23,24);1H. The molecule has 0 spiro atoms. The first-order valence-electron chi connectivity index (χ1n) is 9.49. The maximum atomic E-state index is 5.37. The summed E-state index contributed by atoms with van der Waals surface area (Å²) in [4.78, 5) is 4.29. The molecule has 0 aliphatic rings. The third-order valence-corrected chi connectivity index (χ3v) is 4.50. The number of hydrogen-bond donors (Lipinski definition) is 2. The van der Waals surface area contributed by atoms with Gasteiger partial charge in [0, 0.05) is 25.4 Å². The number of aromatic nitrogens is 3. The van der Waals surface area contributed by atoms with E-state index in [1.165, 1.54) is 0 Å². The van der Waals surface area contributed by atoms with E-state index in [1.807, 2.05) is 29.8 Å². The van der Waals surface area contributed by atoms with Crippen molar-refractivity contribution in [3.63, 3.8) is 0 Å². The van der Waals surface area contributed by atoms with Crippen molar-refractivity contribution >= 4 is 29.9 Å². The van der Waals surface area contributed by atoms with Crippen molar-refractivity contribution in [2.24, 2.45) is 4.99 Å². The van der Waals surface area contributed by atoms with Gasteiger partial charge in [0.05, 0.1) is 23.6 Å². The molecule has 0 saturated carbocycles. The van der Waals surface area contributed by atoms with Crippen molar-refractivity contribution in [1.82, 2.24) is 25.6 Å². The maximum Gasteiger partial charge on any atom is 0.191 e. The molecule has 0 unspecified atom stereocenters. The molecule has 2 N–H and O–H groups in total. The first-order valence-corrected chi connectivity index (χ1v) is 9.49. The second kappa shape index (κ2) is 10.4. The molecule has 3 rings (SSSR count). The van der Waals surface area contributed by atoms with E-state index in [1.54, 1.807) is 7.05 Å². The Morgan fingerprint density at radius 2 is 1.86 bits per heavy atom. The molecule has 0 bridgehead atoms. The number of nitrogens with zero attached hydrogens (tertiary/aromatic N) is 4. The van der Waals surface area contributed by atoms with Crippen LogP contribution in [0.2, 0.25) is 0 Å². The van der Waals surface area contributed by atoms with E-state index >= 15 is 0 Å². The molecule has 0 aliphatic heterocycles. The van der Waals surface area contributed by atoms with Gasteiger partial charge in [0.25, 0.3) is 0 Å². The fourth-order valence-electron chi connectivity index (χ4n) is 2.99. The number of hydrogen-bond acceptors (Lipinski definition) is 4. The minimum Gasteiger partial charge on any atom is -0.359 e. The summed E-state index contributed by atoms with van der Waals surface area (Å²) in [7, 11) is 1.75. The van der Waals surface area contributed by atoms with Crippen LogP contribution in [0.4, 0.5) is 0 Å². The highest BCUT2D eigenvalue weighted by Crippen LogP contribution is 2.17.